The molecule has 0 spiro atoms. The molecule has 1 unspecified atom stereocenters. The van der Waals surface area contributed by atoms with Crippen LogP contribution in [0, 0.1) is 0 Å². The highest BCUT2D eigenvalue weighted by molar-refractivity contribution is 6.30. The molecule has 0 aliphatic rings. The molecule has 0 saturated carbocycles. The predicted molar refractivity (Wildman–Crippen MR) is 75.8 cm³/mol. The van der Waals surface area contributed by atoms with E-state index in [9.17, 15) is 9.59 Å². The number of nitrogens with one attached hydrogen (secondary N) is 1. The van der Waals surface area contributed by atoms with E-state index in [-0.39, 0.29) is 11.8 Å². The maximum atomic E-state index is 12.2. The molecule has 104 valence electrons. The van der Waals surface area contributed by atoms with Gasteiger partial charge in [0.25, 0.3) is 0 Å². The van der Waals surface area contributed by atoms with Crippen LogP contribution in [0.2, 0.25) is 5.02 Å². The highest BCUT2D eigenvalue weighted by atomic mass is 35.5. The molecule has 19 heavy (non-hydrogen) atoms. The van der Waals surface area contributed by atoms with E-state index in [2.05, 4.69) is 5.32 Å². The van der Waals surface area contributed by atoms with Crippen LogP contribution in [-0.4, -0.2) is 29.3 Å². The summed E-state index contributed by atoms with van der Waals surface area (Å²) in [7, 11) is 0. The molecule has 0 radical (unpaired) electrons. The number of benzene rings is 1. The van der Waals surface area contributed by atoms with Crippen LogP contribution in [0.25, 0.3) is 0 Å². The Morgan fingerprint density at radius 1 is 1.42 bits per heavy atom. The second-order valence-electron chi connectivity index (χ2n) is 4.40. The lowest BCUT2D eigenvalue weighted by atomic mass is 10.2. The average molecular weight is 283 g/mol. The van der Waals surface area contributed by atoms with Crippen molar-refractivity contribution in [1.82, 2.24) is 10.2 Å². The second-order valence-corrected chi connectivity index (χ2v) is 4.84. The van der Waals surface area contributed by atoms with Gasteiger partial charge < -0.3 is 10.2 Å². The first kappa shape index (κ1) is 15.5. The number of rotatable bonds is 5. The lowest BCUT2D eigenvalue weighted by Crippen LogP contribution is -2.46. The van der Waals surface area contributed by atoms with Crippen molar-refractivity contribution in [3.63, 3.8) is 0 Å². The van der Waals surface area contributed by atoms with E-state index in [1.807, 2.05) is 25.1 Å². The fourth-order valence-corrected chi connectivity index (χ4v) is 2.05. The van der Waals surface area contributed by atoms with Crippen LogP contribution < -0.4 is 5.32 Å². The van der Waals surface area contributed by atoms with E-state index in [0.717, 1.165) is 5.56 Å². The van der Waals surface area contributed by atoms with E-state index in [0.29, 0.717) is 18.1 Å². The summed E-state index contributed by atoms with van der Waals surface area (Å²) in [6, 6.07) is 6.89. The smallest absolute Gasteiger partial charge is 0.245 e. The van der Waals surface area contributed by atoms with Crippen molar-refractivity contribution in [1.29, 1.82) is 0 Å². The first-order valence-corrected chi connectivity index (χ1v) is 6.62. The van der Waals surface area contributed by atoms with Gasteiger partial charge in [0.2, 0.25) is 11.8 Å². The highest BCUT2D eigenvalue weighted by Crippen LogP contribution is 2.13. The minimum atomic E-state index is -0.517. The van der Waals surface area contributed by atoms with E-state index in [1.54, 1.807) is 17.9 Å². The number of likely N-dealkylation sites (N-methyl/N-ethyl adjacent to an activating group) is 1. The van der Waals surface area contributed by atoms with E-state index in [4.69, 9.17) is 11.6 Å². The van der Waals surface area contributed by atoms with Crippen LogP contribution in [-0.2, 0) is 16.1 Å². The number of hydrogen-bond donors (Lipinski definition) is 1. The number of halogens is 1. The molecule has 0 fully saturated rings. The van der Waals surface area contributed by atoms with Gasteiger partial charge in [0.15, 0.2) is 0 Å². The minimum Gasteiger partial charge on any atom is -0.345 e. The molecule has 1 aromatic rings. The molecular formula is C14H19ClN2O2. The van der Waals surface area contributed by atoms with Gasteiger partial charge >= 0.3 is 0 Å². The SMILES string of the molecule is CCN(Cc1cccc(Cl)c1)C(=O)C(C)NC(C)=O. The Kier molecular flexibility index (Phi) is 5.83. The molecule has 1 aromatic carbocycles. The summed E-state index contributed by atoms with van der Waals surface area (Å²) in [5.74, 6) is -0.308. The van der Waals surface area contributed by atoms with Gasteiger partial charge in [0, 0.05) is 25.0 Å². The molecule has 1 N–H and O–H groups in total. The van der Waals surface area contributed by atoms with Crippen LogP contribution >= 0.6 is 11.6 Å². The fraction of sp³-hybridized carbons (Fsp3) is 0.429. The second kappa shape index (κ2) is 7.14. The van der Waals surface area contributed by atoms with Gasteiger partial charge in [-0.3, -0.25) is 9.59 Å². The van der Waals surface area contributed by atoms with Crippen LogP contribution in [0.4, 0.5) is 0 Å². The maximum Gasteiger partial charge on any atom is 0.245 e. The summed E-state index contributed by atoms with van der Waals surface area (Å²) in [5.41, 5.74) is 0.970. The van der Waals surface area contributed by atoms with Gasteiger partial charge in [-0.05, 0) is 31.5 Å². The Morgan fingerprint density at radius 3 is 2.63 bits per heavy atom. The molecule has 4 nitrogen and oxygen atoms in total. The average Bonchev–Trinajstić information content (AvgIpc) is 2.34. The third kappa shape index (κ3) is 4.91. The standard InChI is InChI=1S/C14H19ClN2O2/c1-4-17(14(19)10(2)16-11(3)18)9-12-6-5-7-13(15)8-12/h5-8,10H,4,9H2,1-3H3,(H,16,18). The van der Waals surface area contributed by atoms with E-state index in [1.165, 1.54) is 6.92 Å². The molecule has 0 aliphatic carbocycles. The quantitative estimate of drug-likeness (QED) is 0.900. The lowest BCUT2D eigenvalue weighted by Gasteiger charge is -2.24. The summed E-state index contributed by atoms with van der Waals surface area (Å²) in [4.78, 5) is 24.8. The van der Waals surface area contributed by atoms with Crippen LogP contribution in [0.3, 0.4) is 0 Å². The first-order chi connectivity index (χ1) is 8.93. The Hall–Kier alpha value is -1.55. The monoisotopic (exact) mass is 282 g/mol. The number of amides is 2. The third-order valence-electron chi connectivity index (χ3n) is 2.75. The molecule has 1 rings (SSSR count). The van der Waals surface area contributed by atoms with Crippen molar-refractivity contribution in [3.05, 3.63) is 34.9 Å². The molecule has 0 aromatic heterocycles. The Balaban J connectivity index is 2.72. The largest absolute Gasteiger partial charge is 0.345 e. The molecule has 1 atom stereocenters. The Labute approximate surface area is 118 Å². The van der Waals surface area contributed by atoms with Gasteiger partial charge in [-0.2, -0.15) is 0 Å². The van der Waals surface area contributed by atoms with Gasteiger partial charge in [-0.1, -0.05) is 23.7 Å². The molecular weight excluding hydrogens is 264 g/mol. The van der Waals surface area contributed by atoms with Crippen molar-refractivity contribution >= 4 is 23.4 Å². The Morgan fingerprint density at radius 2 is 2.11 bits per heavy atom. The zero-order valence-corrected chi connectivity index (χ0v) is 12.2. The fourth-order valence-electron chi connectivity index (χ4n) is 1.84. The molecule has 0 heterocycles. The molecule has 2 amide bonds. The Bertz CT molecular complexity index is 463. The number of hydrogen-bond acceptors (Lipinski definition) is 2. The van der Waals surface area contributed by atoms with Crippen molar-refractivity contribution in [3.8, 4) is 0 Å². The van der Waals surface area contributed by atoms with Crippen molar-refractivity contribution in [2.45, 2.75) is 33.4 Å². The minimum absolute atomic E-state index is 0.0994. The van der Waals surface area contributed by atoms with Crippen LogP contribution in [0.1, 0.15) is 26.3 Å². The highest BCUT2D eigenvalue weighted by Gasteiger charge is 2.20. The first-order valence-electron chi connectivity index (χ1n) is 6.24. The molecule has 0 bridgehead atoms. The molecule has 0 aliphatic heterocycles. The predicted octanol–water partition coefficient (Wildman–Crippen LogP) is 2.21. The summed E-state index contributed by atoms with van der Waals surface area (Å²) in [6.07, 6.45) is 0. The van der Waals surface area contributed by atoms with Gasteiger partial charge in [-0.15, -0.1) is 0 Å². The third-order valence-corrected chi connectivity index (χ3v) is 2.98. The number of carbonyl (C=O) groups excluding carboxylic acids is 2. The topological polar surface area (TPSA) is 49.4 Å². The number of nitrogens with zero attached hydrogens (tertiary/aromatic N) is 1. The summed E-state index contributed by atoms with van der Waals surface area (Å²) >= 11 is 5.92. The van der Waals surface area contributed by atoms with E-state index >= 15 is 0 Å². The molecule has 0 saturated heterocycles. The normalized spacial score (nSPS) is 11.8. The zero-order chi connectivity index (χ0) is 14.4. The summed E-state index contributed by atoms with van der Waals surface area (Å²) < 4.78 is 0. The van der Waals surface area contributed by atoms with Crippen molar-refractivity contribution in [2.24, 2.45) is 0 Å². The van der Waals surface area contributed by atoms with Gasteiger partial charge in [0.05, 0.1) is 0 Å². The summed E-state index contributed by atoms with van der Waals surface area (Å²) in [6.45, 7) is 6.05. The number of carbonyl (C=O) groups is 2. The van der Waals surface area contributed by atoms with Gasteiger partial charge in [0.1, 0.15) is 6.04 Å². The maximum absolute atomic E-state index is 12.2. The zero-order valence-electron chi connectivity index (χ0n) is 11.4. The lowest BCUT2D eigenvalue weighted by molar-refractivity contribution is -0.135. The van der Waals surface area contributed by atoms with Gasteiger partial charge in [-0.25, -0.2) is 0 Å². The van der Waals surface area contributed by atoms with Crippen molar-refractivity contribution in [2.75, 3.05) is 6.54 Å². The van der Waals surface area contributed by atoms with Crippen molar-refractivity contribution < 1.29 is 9.59 Å². The van der Waals surface area contributed by atoms with Crippen LogP contribution in [0.5, 0.6) is 0 Å². The van der Waals surface area contributed by atoms with E-state index < -0.39 is 6.04 Å². The molecule has 5 heteroatoms. The van der Waals surface area contributed by atoms with Crippen LogP contribution in [0.15, 0.2) is 24.3 Å². The summed E-state index contributed by atoms with van der Waals surface area (Å²) in [5, 5.41) is 3.25.